The molecule has 0 bridgehead atoms. The van der Waals surface area contributed by atoms with Crippen LogP contribution in [0.5, 0.6) is 0 Å². The Hall–Kier alpha value is -3.00. The van der Waals surface area contributed by atoms with E-state index in [4.69, 9.17) is 10.5 Å². The number of ether oxygens (including phenoxy) is 1. The van der Waals surface area contributed by atoms with Gasteiger partial charge in [0, 0.05) is 49.0 Å². The van der Waals surface area contributed by atoms with Crippen LogP contribution in [0, 0.1) is 0 Å². The Morgan fingerprint density at radius 2 is 2.15 bits per heavy atom. The first-order valence-electron chi connectivity index (χ1n) is 8.48. The van der Waals surface area contributed by atoms with Crippen LogP contribution in [0.15, 0.2) is 36.9 Å². The lowest BCUT2D eigenvalue weighted by molar-refractivity contribution is -0.121. The molecule has 8 heteroatoms. The number of anilines is 1. The number of fused-ring (bicyclic) bond motifs is 1. The number of primary amides is 1. The fourth-order valence-electron chi connectivity index (χ4n) is 3.20. The number of carbonyl (C=O) groups is 1. The number of nitrogens with zero attached hydrogens (tertiary/aromatic N) is 5. The number of hydrogen-bond acceptors (Lipinski definition) is 6. The van der Waals surface area contributed by atoms with Crippen molar-refractivity contribution in [1.29, 1.82) is 0 Å². The molecule has 1 unspecified atom stereocenters. The third-order valence-corrected chi connectivity index (χ3v) is 4.48. The fourth-order valence-corrected chi connectivity index (χ4v) is 3.20. The van der Waals surface area contributed by atoms with Crippen LogP contribution in [-0.4, -0.2) is 51.5 Å². The quantitative estimate of drug-likeness (QED) is 0.755. The summed E-state index contributed by atoms with van der Waals surface area (Å²) < 4.78 is 7.38. The number of amides is 1. The molecule has 3 aromatic heterocycles. The van der Waals surface area contributed by atoms with E-state index in [0.717, 1.165) is 34.4 Å². The lowest BCUT2D eigenvalue weighted by Crippen LogP contribution is -2.44. The molecule has 1 fully saturated rings. The standard InChI is InChI=1S/C18H20N6O2/c1-23-10-14(8-22-23)13-4-12-5-18(21-9-16(12)20-7-13)24-2-3-26-15(11-24)6-17(19)25/h4-5,7-10,15H,2-3,6,11H2,1H3,(H2,19,25). The first-order valence-corrected chi connectivity index (χ1v) is 8.48. The summed E-state index contributed by atoms with van der Waals surface area (Å²) in [4.78, 5) is 22.3. The minimum absolute atomic E-state index is 0.196. The van der Waals surface area contributed by atoms with Crippen molar-refractivity contribution in [3.63, 3.8) is 0 Å². The van der Waals surface area contributed by atoms with Crippen molar-refractivity contribution in [3.8, 4) is 11.1 Å². The zero-order valence-corrected chi connectivity index (χ0v) is 14.5. The van der Waals surface area contributed by atoms with Gasteiger partial charge in [-0.3, -0.25) is 14.5 Å². The van der Waals surface area contributed by atoms with Crippen LogP contribution in [0.2, 0.25) is 0 Å². The van der Waals surface area contributed by atoms with Crippen molar-refractivity contribution in [2.75, 3.05) is 24.6 Å². The largest absolute Gasteiger partial charge is 0.374 e. The smallest absolute Gasteiger partial charge is 0.220 e. The van der Waals surface area contributed by atoms with Crippen molar-refractivity contribution in [3.05, 3.63) is 36.9 Å². The van der Waals surface area contributed by atoms with Crippen LogP contribution < -0.4 is 10.6 Å². The van der Waals surface area contributed by atoms with E-state index in [0.29, 0.717) is 13.2 Å². The molecule has 0 aromatic carbocycles. The molecule has 1 atom stereocenters. The predicted molar refractivity (Wildman–Crippen MR) is 97.5 cm³/mol. The summed E-state index contributed by atoms with van der Waals surface area (Å²) in [5.41, 5.74) is 8.16. The van der Waals surface area contributed by atoms with Gasteiger partial charge in [0.1, 0.15) is 5.82 Å². The van der Waals surface area contributed by atoms with E-state index in [2.05, 4.69) is 26.0 Å². The maximum Gasteiger partial charge on any atom is 0.220 e. The minimum Gasteiger partial charge on any atom is -0.374 e. The Balaban J connectivity index is 1.62. The number of carbonyl (C=O) groups excluding carboxylic acids is 1. The van der Waals surface area contributed by atoms with Gasteiger partial charge in [-0.25, -0.2) is 4.98 Å². The summed E-state index contributed by atoms with van der Waals surface area (Å²) in [6, 6.07) is 4.11. The molecule has 3 aromatic rings. The maximum absolute atomic E-state index is 11.2. The molecule has 1 aliphatic rings. The van der Waals surface area contributed by atoms with E-state index in [9.17, 15) is 4.79 Å². The molecule has 1 saturated heterocycles. The molecule has 1 aliphatic heterocycles. The first kappa shape index (κ1) is 16.5. The Labute approximate surface area is 150 Å². The number of aromatic nitrogens is 4. The predicted octanol–water partition coefficient (Wildman–Crippen LogP) is 1.11. The number of nitrogens with two attached hydrogens (primary N) is 1. The fraction of sp³-hybridized carbons (Fsp3) is 0.333. The molecule has 0 aliphatic carbocycles. The first-order chi connectivity index (χ1) is 12.6. The Morgan fingerprint density at radius 3 is 2.92 bits per heavy atom. The average Bonchev–Trinajstić information content (AvgIpc) is 3.07. The van der Waals surface area contributed by atoms with Gasteiger partial charge in [0.15, 0.2) is 0 Å². The van der Waals surface area contributed by atoms with Gasteiger partial charge in [0.25, 0.3) is 0 Å². The van der Waals surface area contributed by atoms with Gasteiger partial charge in [-0.2, -0.15) is 5.10 Å². The van der Waals surface area contributed by atoms with E-state index in [1.807, 2.05) is 31.7 Å². The molecule has 8 nitrogen and oxygen atoms in total. The van der Waals surface area contributed by atoms with Crippen LogP contribution in [0.25, 0.3) is 22.0 Å². The molecule has 0 saturated carbocycles. The molecule has 4 rings (SSSR count). The highest BCUT2D eigenvalue weighted by molar-refractivity contribution is 5.84. The number of morpholine rings is 1. The second-order valence-corrected chi connectivity index (χ2v) is 6.47. The van der Waals surface area contributed by atoms with Gasteiger partial charge in [-0.15, -0.1) is 0 Å². The zero-order chi connectivity index (χ0) is 18.1. The summed E-state index contributed by atoms with van der Waals surface area (Å²) >= 11 is 0. The monoisotopic (exact) mass is 352 g/mol. The van der Waals surface area contributed by atoms with Gasteiger partial charge < -0.3 is 15.4 Å². The number of pyridine rings is 2. The van der Waals surface area contributed by atoms with Gasteiger partial charge in [-0.05, 0) is 12.1 Å². The summed E-state index contributed by atoms with van der Waals surface area (Å²) in [6.07, 6.45) is 7.41. The van der Waals surface area contributed by atoms with Crippen molar-refractivity contribution in [2.45, 2.75) is 12.5 Å². The van der Waals surface area contributed by atoms with Crippen molar-refractivity contribution in [1.82, 2.24) is 19.7 Å². The van der Waals surface area contributed by atoms with E-state index in [-0.39, 0.29) is 18.4 Å². The van der Waals surface area contributed by atoms with Crippen molar-refractivity contribution >= 4 is 22.6 Å². The lowest BCUT2D eigenvalue weighted by Gasteiger charge is -2.33. The Kier molecular flexibility index (Phi) is 4.26. The van der Waals surface area contributed by atoms with Crippen LogP contribution in [0.3, 0.4) is 0 Å². The number of aryl methyl sites for hydroxylation is 1. The highest BCUT2D eigenvalue weighted by Gasteiger charge is 2.23. The minimum atomic E-state index is -0.353. The second kappa shape index (κ2) is 6.72. The molecule has 0 spiro atoms. The lowest BCUT2D eigenvalue weighted by atomic mass is 10.1. The van der Waals surface area contributed by atoms with Crippen LogP contribution in [-0.2, 0) is 16.6 Å². The SMILES string of the molecule is Cn1cc(-c2cnc3cnc(N4CCOC(CC(N)=O)C4)cc3c2)cn1. The van der Waals surface area contributed by atoms with Crippen molar-refractivity contribution < 1.29 is 9.53 Å². The van der Waals surface area contributed by atoms with Crippen molar-refractivity contribution in [2.24, 2.45) is 12.8 Å². The van der Waals surface area contributed by atoms with E-state index in [1.54, 1.807) is 10.9 Å². The molecule has 0 radical (unpaired) electrons. The van der Waals surface area contributed by atoms with Crippen LogP contribution in [0.4, 0.5) is 5.82 Å². The molecule has 4 heterocycles. The van der Waals surface area contributed by atoms with Gasteiger partial charge in [0.2, 0.25) is 5.91 Å². The normalized spacial score (nSPS) is 17.6. The highest BCUT2D eigenvalue weighted by atomic mass is 16.5. The molecule has 134 valence electrons. The third-order valence-electron chi connectivity index (χ3n) is 4.48. The summed E-state index contributed by atoms with van der Waals surface area (Å²) in [5, 5.41) is 5.22. The topological polar surface area (TPSA) is 99.2 Å². The van der Waals surface area contributed by atoms with Gasteiger partial charge in [0.05, 0.1) is 37.0 Å². The van der Waals surface area contributed by atoms with Crippen LogP contribution >= 0.6 is 0 Å². The summed E-state index contributed by atoms with van der Waals surface area (Å²) in [5.74, 6) is 0.494. The molecule has 2 N–H and O–H groups in total. The van der Waals surface area contributed by atoms with Gasteiger partial charge in [-0.1, -0.05) is 0 Å². The second-order valence-electron chi connectivity index (χ2n) is 6.47. The molecule has 26 heavy (non-hydrogen) atoms. The molecular weight excluding hydrogens is 332 g/mol. The zero-order valence-electron chi connectivity index (χ0n) is 14.5. The summed E-state index contributed by atoms with van der Waals surface area (Å²) in [7, 11) is 1.89. The highest BCUT2D eigenvalue weighted by Crippen LogP contribution is 2.25. The Morgan fingerprint density at radius 1 is 1.27 bits per heavy atom. The van der Waals surface area contributed by atoms with Gasteiger partial charge >= 0.3 is 0 Å². The van der Waals surface area contributed by atoms with E-state index in [1.165, 1.54) is 0 Å². The van der Waals surface area contributed by atoms with E-state index < -0.39 is 0 Å². The molecular formula is C18H20N6O2. The maximum atomic E-state index is 11.2. The van der Waals surface area contributed by atoms with Crippen LogP contribution in [0.1, 0.15) is 6.42 Å². The van der Waals surface area contributed by atoms with E-state index >= 15 is 0 Å². The molecule has 1 amide bonds. The average molecular weight is 352 g/mol. The summed E-state index contributed by atoms with van der Waals surface area (Å²) in [6.45, 7) is 1.87. The Bertz CT molecular complexity index is 954. The number of rotatable bonds is 4. The number of hydrogen-bond donors (Lipinski definition) is 1. The third kappa shape index (κ3) is 3.36.